The lowest BCUT2D eigenvalue weighted by Crippen LogP contribution is -2.29. The monoisotopic (exact) mass is 475 g/mol. The maximum atomic E-state index is 14.5. The van der Waals surface area contributed by atoms with E-state index in [1.807, 2.05) is 43.3 Å². The first-order valence-electron chi connectivity index (χ1n) is 10.7. The van der Waals surface area contributed by atoms with Crippen molar-refractivity contribution in [2.45, 2.75) is 13.5 Å². The number of amides is 1. The highest BCUT2D eigenvalue weighted by Gasteiger charge is 2.18. The minimum Gasteiger partial charge on any atom is -0.480 e. The summed E-state index contributed by atoms with van der Waals surface area (Å²) in [5.41, 5.74) is 4.92. The van der Waals surface area contributed by atoms with Gasteiger partial charge < -0.3 is 19.7 Å². The number of carboxylic acid groups (broad SMARTS) is 1. The molecule has 2 N–H and O–H groups in total. The maximum absolute atomic E-state index is 14.5. The van der Waals surface area contributed by atoms with Gasteiger partial charge >= 0.3 is 5.97 Å². The predicted molar refractivity (Wildman–Crippen MR) is 126 cm³/mol. The van der Waals surface area contributed by atoms with Crippen molar-refractivity contribution in [2.24, 2.45) is 0 Å². The van der Waals surface area contributed by atoms with Gasteiger partial charge in [0.2, 0.25) is 5.82 Å². The number of carboxylic acids is 1. The maximum Gasteiger partial charge on any atom is 0.322 e. The zero-order valence-corrected chi connectivity index (χ0v) is 19.0. The standard InChI is InChI=1S/C26H22FN3O5/c1-15-5-3-4-6-19(15)20-9-8-17(11-18(20)14-34-2)26-29-24(30-35-26)16-7-10-21(22(27)12-16)25(33)28-13-23(31)32/h3-12H,13-14H2,1-2H3,(H,28,33)(H,31,32). The molecule has 0 aliphatic carbocycles. The number of ether oxygens (including phenoxy) is 1. The third kappa shape index (κ3) is 5.25. The molecule has 1 amide bonds. The van der Waals surface area contributed by atoms with Crippen LogP contribution in [0.15, 0.2) is 65.2 Å². The molecular formula is C26H22FN3O5. The molecule has 178 valence electrons. The van der Waals surface area contributed by atoms with Crippen LogP contribution in [-0.4, -0.2) is 40.8 Å². The van der Waals surface area contributed by atoms with Crippen molar-refractivity contribution in [3.05, 3.63) is 83.2 Å². The lowest BCUT2D eigenvalue weighted by Gasteiger charge is -2.12. The van der Waals surface area contributed by atoms with Gasteiger partial charge in [-0.15, -0.1) is 0 Å². The molecule has 0 fully saturated rings. The molecule has 1 heterocycles. The molecule has 4 aromatic rings. The first-order valence-corrected chi connectivity index (χ1v) is 10.7. The molecule has 35 heavy (non-hydrogen) atoms. The highest BCUT2D eigenvalue weighted by atomic mass is 19.1. The van der Waals surface area contributed by atoms with Gasteiger partial charge in [-0.1, -0.05) is 41.6 Å². The first kappa shape index (κ1) is 23.8. The Morgan fingerprint density at radius 1 is 1.06 bits per heavy atom. The molecule has 0 aliphatic heterocycles. The van der Waals surface area contributed by atoms with Gasteiger partial charge in [-0.3, -0.25) is 9.59 Å². The summed E-state index contributed by atoms with van der Waals surface area (Å²) >= 11 is 0. The van der Waals surface area contributed by atoms with Crippen LogP contribution in [0.2, 0.25) is 0 Å². The fraction of sp³-hybridized carbons (Fsp3) is 0.154. The summed E-state index contributed by atoms with van der Waals surface area (Å²) in [7, 11) is 1.62. The minimum absolute atomic E-state index is 0.146. The van der Waals surface area contributed by atoms with Gasteiger partial charge in [0.1, 0.15) is 12.4 Å². The third-order valence-corrected chi connectivity index (χ3v) is 5.39. The van der Waals surface area contributed by atoms with Crippen molar-refractivity contribution in [3.8, 4) is 34.0 Å². The fourth-order valence-electron chi connectivity index (χ4n) is 3.69. The summed E-state index contributed by atoms with van der Waals surface area (Å²) in [6.07, 6.45) is 0. The van der Waals surface area contributed by atoms with E-state index < -0.39 is 24.2 Å². The van der Waals surface area contributed by atoms with Gasteiger partial charge in [-0.05, 0) is 53.4 Å². The second-order valence-electron chi connectivity index (χ2n) is 7.81. The summed E-state index contributed by atoms with van der Waals surface area (Å²) < 4.78 is 25.3. The highest BCUT2D eigenvalue weighted by molar-refractivity contribution is 5.96. The number of aliphatic carboxylic acids is 1. The van der Waals surface area contributed by atoms with Crippen molar-refractivity contribution >= 4 is 11.9 Å². The van der Waals surface area contributed by atoms with Crippen molar-refractivity contribution < 1.29 is 28.3 Å². The van der Waals surface area contributed by atoms with Gasteiger partial charge in [0, 0.05) is 18.2 Å². The molecule has 0 unspecified atom stereocenters. The Labute approximate surface area is 200 Å². The number of methoxy groups -OCH3 is 1. The van der Waals surface area contributed by atoms with Crippen LogP contribution in [0.4, 0.5) is 4.39 Å². The van der Waals surface area contributed by atoms with Crippen LogP contribution in [0.25, 0.3) is 34.0 Å². The Morgan fingerprint density at radius 3 is 2.54 bits per heavy atom. The molecule has 0 saturated carbocycles. The number of nitrogens with one attached hydrogen (secondary N) is 1. The Morgan fingerprint density at radius 2 is 1.83 bits per heavy atom. The van der Waals surface area contributed by atoms with Crippen molar-refractivity contribution in [1.29, 1.82) is 0 Å². The molecule has 0 aliphatic rings. The zero-order chi connectivity index (χ0) is 24.9. The highest BCUT2D eigenvalue weighted by Crippen LogP contribution is 2.31. The molecule has 0 spiro atoms. The lowest BCUT2D eigenvalue weighted by atomic mass is 9.94. The van der Waals surface area contributed by atoms with Crippen LogP contribution in [-0.2, 0) is 16.1 Å². The second-order valence-corrected chi connectivity index (χ2v) is 7.81. The van der Waals surface area contributed by atoms with Crippen LogP contribution < -0.4 is 5.32 Å². The number of benzene rings is 3. The van der Waals surface area contributed by atoms with Crippen molar-refractivity contribution in [2.75, 3.05) is 13.7 Å². The fourth-order valence-corrected chi connectivity index (χ4v) is 3.69. The Bertz CT molecular complexity index is 1400. The molecule has 9 heteroatoms. The quantitative estimate of drug-likeness (QED) is 0.386. The normalized spacial score (nSPS) is 10.8. The van der Waals surface area contributed by atoms with Crippen LogP contribution >= 0.6 is 0 Å². The van der Waals surface area contributed by atoms with Crippen LogP contribution in [0.5, 0.6) is 0 Å². The average molecular weight is 475 g/mol. The second kappa shape index (κ2) is 10.3. The van der Waals surface area contributed by atoms with Crippen LogP contribution in [0.3, 0.4) is 0 Å². The minimum atomic E-state index is -1.23. The summed E-state index contributed by atoms with van der Waals surface area (Å²) in [6.45, 7) is 1.82. The van der Waals surface area contributed by atoms with Gasteiger partial charge in [0.15, 0.2) is 0 Å². The molecule has 0 atom stereocenters. The molecule has 1 aromatic heterocycles. The van der Waals surface area contributed by atoms with E-state index in [-0.39, 0.29) is 17.3 Å². The Balaban J connectivity index is 1.61. The van der Waals surface area contributed by atoms with Crippen LogP contribution in [0, 0.1) is 12.7 Å². The van der Waals surface area contributed by atoms with Crippen LogP contribution in [0.1, 0.15) is 21.5 Å². The predicted octanol–water partition coefficient (Wildman–Crippen LogP) is 4.48. The molecular weight excluding hydrogens is 453 g/mol. The summed E-state index contributed by atoms with van der Waals surface area (Å²) in [6, 6.07) is 17.6. The number of rotatable bonds is 8. The Hall–Kier alpha value is -4.37. The summed E-state index contributed by atoms with van der Waals surface area (Å²) in [4.78, 5) is 27.0. The van der Waals surface area contributed by atoms with Gasteiger partial charge in [-0.25, -0.2) is 4.39 Å². The van der Waals surface area contributed by atoms with E-state index in [2.05, 4.69) is 21.5 Å². The number of aryl methyl sites for hydroxylation is 1. The van der Waals surface area contributed by atoms with Gasteiger partial charge in [0.05, 0.1) is 12.2 Å². The number of hydrogen-bond acceptors (Lipinski definition) is 6. The average Bonchev–Trinajstić information content (AvgIpc) is 3.34. The number of nitrogens with zero attached hydrogens (tertiary/aromatic N) is 2. The zero-order valence-electron chi connectivity index (χ0n) is 19.0. The SMILES string of the molecule is COCc1cc(-c2nc(-c3ccc(C(=O)NCC(=O)O)c(F)c3)no2)ccc1-c1ccccc1C. The van der Waals surface area contributed by atoms with E-state index in [0.717, 1.165) is 28.3 Å². The number of carbonyl (C=O) groups is 2. The Kier molecular flexibility index (Phi) is 6.98. The van der Waals surface area contributed by atoms with E-state index >= 15 is 0 Å². The van der Waals surface area contributed by atoms with E-state index in [4.69, 9.17) is 14.4 Å². The topological polar surface area (TPSA) is 115 Å². The molecule has 8 nitrogen and oxygen atoms in total. The number of hydrogen-bond donors (Lipinski definition) is 2. The molecule has 3 aromatic carbocycles. The largest absolute Gasteiger partial charge is 0.480 e. The number of halogens is 1. The first-order chi connectivity index (χ1) is 16.9. The van der Waals surface area contributed by atoms with E-state index in [1.54, 1.807) is 7.11 Å². The number of aromatic nitrogens is 2. The molecule has 4 rings (SSSR count). The van der Waals surface area contributed by atoms with E-state index in [1.165, 1.54) is 12.1 Å². The molecule has 0 saturated heterocycles. The molecule has 0 radical (unpaired) electrons. The third-order valence-electron chi connectivity index (χ3n) is 5.39. The van der Waals surface area contributed by atoms with Gasteiger partial charge in [0.25, 0.3) is 11.8 Å². The smallest absolute Gasteiger partial charge is 0.322 e. The van der Waals surface area contributed by atoms with E-state index in [9.17, 15) is 14.0 Å². The number of carbonyl (C=O) groups excluding carboxylic acids is 1. The molecule has 0 bridgehead atoms. The van der Waals surface area contributed by atoms with E-state index in [0.29, 0.717) is 17.7 Å². The van der Waals surface area contributed by atoms with Crippen molar-refractivity contribution in [3.63, 3.8) is 0 Å². The van der Waals surface area contributed by atoms with Crippen molar-refractivity contribution in [1.82, 2.24) is 15.5 Å². The van der Waals surface area contributed by atoms with Gasteiger partial charge in [-0.2, -0.15) is 4.98 Å². The summed E-state index contributed by atoms with van der Waals surface area (Å²) in [5, 5.41) is 14.7. The lowest BCUT2D eigenvalue weighted by molar-refractivity contribution is -0.135. The summed E-state index contributed by atoms with van der Waals surface area (Å²) in [5.74, 6) is -2.49.